The molecule has 2 rings (SSSR count). The third-order valence-electron chi connectivity index (χ3n) is 1.98. The molecule has 4 N–H and O–H groups in total. The maximum Gasteiger partial charge on any atom is 0.288 e. The lowest BCUT2D eigenvalue weighted by atomic mass is 10.4. The van der Waals surface area contributed by atoms with Gasteiger partial charge in [0.25, 0.3) is 5.91 Å². The van der Waals surface area contributed by atoms with Crippen molar-refractivity contribution in [1.82, 2.24) is 30.5 Å². The van der Waals surface area contributed by atoms with Crippen LogP contribution in [0.1, 0.15) is 22.1 Å². The standard InChI is InChI=1S/C9H11N7O/c1-5-11-3-2-6(13-5)4-12-8(17)7-14-9(10)16-15-7/h2-3H,4H2,1H3,(H,12,17)(H3,10,14,15,16). The van der Waals surface area contributed by atoms with Crippen LogP contribution in [0.15, 0.2) is 12.3 Å². The summed E-state index contributed by atoms with van der Waals surface area (Å²) in [5.41, 5.74) is 6.01. The van der Waals surface area contributed by atoms with E-state index in [9.17, 15) is 4.79 Å². The highest BCUT2D eigenvalue weighted by atomic mass is 16.2. The molecule has 2 aromatic heterocycles. The molecule has 0 saturated heterocycles. The van der Waals surface area contributed by atoms with Crippen molar-refractivity contribution >= 4 is 11.9 Å². The summed E-state index contributed by atoms with van der Waals surface area (Å²) in [5.74, 6) is 0.382. The van der Waals surface area contributed by atoms with Crippen molar-refractivity contribution in [1.29, 1.82) is 0 Å². The largest absolute Gasteiger partial charge is 0.366 e. The number of hydrogen-bond donors (Lipinski definition) is 3. The van der Waals surface area contributed by atoms with E-state index in [1.54, 1.807) is 19.2 Å². The van der Waals surface area contributed by atoms with E-state index in [0.717, 1.165) is 5.69 Å². The first-order chi connectivity index (χ1) is 8.15. The lowest BCUT2D eigenvalue weighted by Gasteiger charge is -2.02. The number of hydrogen-bond acceptors (Lipinski definition) is 6. The predicted molar refractivity (Wildman–Crippen MR) is 58.7 cm³/mol. The quantitative estimate of drug-likeness (QED) is 0.651. The second-order valence-electron chi connectivity index (χ2n) is 3.32. The maximum atomic E-state index is 11.6. The lowest BCUT2D eigenvalue weighted by molar-refractivity contribution is 0.0940. The van der Waals surface area contributed by atoms with Crippen LogP contribution >= 0.6 is 0 Å². The molecule has 2 heterocycles. The minimum atomic E-state index is -0.384. The van der Waals surface area contributed by atoms with Crippen LogP contribution in [0.5, 0.6) is 0 Å². The van der Waals surface area contributed by atoms with Crippen molar-refractivity contribution < 1.29 is 4.79 Å². The van der Waals surface area contributed by atoms with Crippen LogP contribution in [0.3, 0.4) is 0 Å². The number of rotatable bonds is 3. The number of carbonyl (C=O) groups is 1. The normalized spacial score (nSPS) is 10.2. The highest BCUT2D eigenvalue weighted by molar-refractivity contribution is 5.90. The summed E-state index contributed by atoms with van der Waals surface area (Å²) in [4.78, 5) is 23.4. The van der Waals surface area contributed by atoms with Gasteiger partial charge in [-0.25, -0.2) is 9.97 Å². The van der Waals surface area contributed by atoms with Crippen molar-refractivity contribution in [2.24, 2.45) is 0 Å². The number of amides is 1. The second-order valence-corrected chi connectivity index (χ2v) is 3.32. The van der Waals surface area contributed by atoms with E-state index in [1.165, 1.54) is 0 Å². The molecule has 0 spiro atoms. The van der Waals surface area contributed by atoms with Gasteiger partial charge in [-0.15, -0.1) is 5.10 Å². The Balaban J connectivity index is 1.97. The Morgan fingerprint density at radius 3 is 3.00 bits per heavy atom. The van der Waals surface area contributed by atoms with Crippen molar-refractivity contribution in [2.45, 2.75) is 13.5 Å². The molecule has 0 aliphatic rings. The fourth-order valence-corrected chi connectivity index (χ4v) is 1.23. The van der Waals surface area contributed by atoms with E-state index in [1.807, 2.05) is 0 Å². The fourth-order valence-electron chi connectivity index (χ4n) is 1.23. The average molecular weight is 233 g/mol. The van der Waals surface area contributed by atoms with Crippen LogP contribution in [0.2, 0.25) is 0 Å². The zero-order valence-electron chi connectivity index (χ0n) is 9.14. The summed E-state index contributed by atoms with van der Waals surface area (Å²) in [6.45, 7) is 2.07. The van der Waals surface area contributed by atoms with Crippen LogP contribution in [-0.2, 0) is 6.54 Å². The SMILES string of the molecule is Cc1nccc(CNC(=O)c2nc(N)n[nH]2)n1. The average Bonchev–Trinajstić information content (AvgIpc) is 2.73. The van der Waals surface area contributed by atoms with E-state index in [-0.39, 0.29) is 17.7 Å². The number of aromatic amines is 1. The van der Waals surface area contributed by atoms with E-state index in [0.29, 0.717) is 12.4 Å². The van der Waals surface area contributed by atoms with Gasteiger partial charge in [0.05, 0.1) is 12.2 Å². The van der Waals surface area contributed by atoms with Crippen LogP contribution in [0, 0.1) is 6.92 Å². The molecule has 8 heteroatoms. The number of carbonyl (C=O) groups excluding carboxylic acids is 1. The van der Waals surface area contributed by atoms with Gasteiger partial charge in [0, 0.05) is 6.20 Å². The molecule has 0 aromatic carbocycles. The lowest BCUT2D eigenvalue weighted by Crippen LogP contribution is -2.24. The Morgan fingerprint density at radius 1 is 1.53 bits per heavy atom. The fraction of sp³-hybridized carbons (Fsp3) is 0.222. The molecule has 0 unspecified atom stereocenters. The van der Waals surface area contributed by atoms with E-state index < -0.39 is 0 Å². The van der Waals surface area contributed by atoms with Gasteiger partial charge in [0.1, 0.15) is 5.82 Å². The third-order valence-corrected chi connectivity index (χ3v) is 1.98. The first-order valence-electron chi connectivity index (χ1n) is 4.90. The highest BCUT2D eigenvalue weighted by Gasteiger charge is 2.10. The van der Waals surface area contributed by atoms with Gasteiger partial charge in [0.2, 0.25) is 11.8 Å². The van der Waals surface area contributed by atoms with Crippen LogP contribution in [-0.4, -0.2) is 31.1 Å². The summed E-state index contributed by atoms with van der Waals surface area (Å²) in [6, 6.07) is 1.72. The number of aryl methyl sites for hydroxylation is 1. The minimum Gasteiger partial charge on any atom is -0.366 e. The molecular weight excluding hydrogens is 222 g/mol. The molecule has 1 amide bonds. The van der Waals surface area contributed by atoms with Gasteiger partial charge in [-0.1, -0.05) is 0 Å². The summed E-state index contributed by atoms with van der Waals surface area (Å²) < 4.78 is 0. The first-order valence-corrected chi connectivity index (χ1v) is 4.90. The molecule has 0 radical (unpaired) electrons. The molecule has 0 fully saturated rings. The number of aromatic nitrogens is 5. The minimum absolute atomic E-state index is 0.0352. The van der Waals surface area contributed by atoms with Gasteiger partial charge in [-0.2, -0.15) is 4.98 Å². The molecule has 88 valence electrons. The van der Waals surface area contributed by atoms with Crippen LogP contribution < -0.4 is 11.1 Å². The predicted octanol–water partition coefficient (Wildman–Crippen LogP) is -0.585. The highest BCUT2D eigenvalue weighted by Crippen LogP contribution is 1.96. The second kappa shape index (κ2) is 4.56. The molecule has 2 aromatic rings. The number of nitrogens with one attached hydrogen (secondary N) is 2. The van der Waals surface area contributed by atoms with E-state index >= 15 is 0 Å². The molecule has 0 aliphatic heterocycles. The number of nitrogens with zero attached hydrogens (tertiary/aromatic N) is 4. The van der Waals surface area contributed by atoms with E-state index in [4.69, 9.17) is 5.73 Å². The third kappa shape index (κ3) is 2.74. The Bertz CT molecular complexity index is 536. The van der Waals surface area contributed by atoms with Gasteiger partial charge in [-0.05, 0) is 13.0 Å². The maximum absolute atomic E-state index is 11.6. The van der Waals surface area contributed by atoms with Crippen molar-refractivity contribution in [3.8, 4) is 0 Å². The number of anilines is 1. The van der Waals surface area contributed by atoms with Gasteiger partial charge < -0.3 is 11.1 Å². The molecule has 0 aliphatic carbocycles. The Morgan fingerprint density at radius 2 is 2.35 bits per heavy atom. The summed E-state index contributed by atoms with van der Waals surface area (Å²) >= 11 is 0. The van der Waals surface area contributed by atoms with E-state index in [2.05, 4.69) is 30.5 Å². The van der Waals surface area contributed by atoms with Crippen molar-refractivity contribution in [2.75, 3.05) is 5.73 Å². The first kappa shape index (κ1) is 11.0. The number of nitrogen functional groups attached to an aromatic ring is 1. The Labute approximate surface area is 96.7 Å². The molecule has 0 bridgehead atoms. The van der Waals surface area contributed by atoms with Crippen LogP contribution in [0.4, 0.5) is 5.95 Å². The number of nitrogens with two attached hydrogens (primary N) is 1. The monoisotopic (exact) mass is 233 g/mol. The molecule has 17 heavy (non-hydrogen) atoms. The topological polar surface area (TPSA) is 122 Å². The summed E-state index contributed by atoms with van der Waals surface area (Å²) in [7, 11) is 0. The summed E-state index contributed by atoms with van der Waals surface area (Å²) in [5, 5.41) is 8.62. The number of H-pyrrole nitrogens is 1. The van der Waals surface area contributed by atoms with Crippen molar-refractivity contribution in [3.05, 3.63) is 29.6 Å². The molecule has 8 nitrogen and oxygen atoms in total. The zero-order valence-corrected chi connectivity index (χ0v) is 9.14. The smallest absolute Gasteiger partial charge is 0.288 e. The molecular formula is C9H11N7O. The zero-order chi connectivity index (χ0) is 12.3. The Kier molecular flexibility index (Phi) is 2.95. The Hall–Kier alpha value is -2.51. The van der Waals surface area contributed by atoms with Crippen molar-refractivity contribution in [3.63, 3.8) is 0 Å². The van der Waals surface area contributed by atoms with Gasteiger partial charge in [-0.3, -0.25) is 9.89 Å². The van der Waals surface area contributed by atoms with Crippen LogP contribution in [0.25, 0.3) is 0 Å². The van der Waals surface area contributed by atoms with Gasteiger partial charge >= 0.3 is 0 Å². The molecule has 0 saturated carbocycles. The van der Waals surface area contributed by atoms with Gasteiger partial charge in [0.15, 0.2) is 0 Å². The summed E-state index contributed by atoms with van der Waals surface area (Å²) in [6.07, 6.45) is 1.64. The molecule has 0 atom stereocenters.